The smallest absolute Gasteiger partial charge is 0.235 e. The average Bonchev–Trinajstić information content (AvgIpc) is 2.52. The molecule has 1 amide bonds. The van der Waals surface area contributed by atoms with Crippen molar-refractivity contribution in [2.45, 2.75) is 17.9 Å². The third-order valence-electron chi connectivity index (χ3n) is 3.71. The largest absolute Gasteiger partial charge is 0.339 e. The minimum atomic E-state index is -3.15. The number of thioether (sulfide) groups is 1. The quantitative estimate of drug-likeness (QED) is 0.812. The fourth-order valence-corrected chi connectivity index (χ4v) is 4.12. The lowest BCUT2D eigenvalue weighted by atomic mass is 10.2. The molecule has 0 radical (unpaired) electrons. The van der Waals surface area contributed by atoms with Crippen LogP contribution in [0.4, 0.5) is 0 Å². The maximum absolute atomic E-state index is 12.4. The summed E-state index contributed by atoms with van der Waals surface area (Å²) in [5.41, 5.74) is 1.20. The van der Waals surface area contributed by atoms with Crippen molar-refractivity contribution in [2.24, 2.45) is 0 Å². The molecule has 122 valence electrons. The number of piperazine rings is 1. The highest BCUT2D eigenvalue weighted by Crippen LogP contribution is 2.20. The summed E-state index contributed by atoms with van der Waals surface area (Å²) in [6.45, 7) is 3.64. The van der Waals surface area contributed by atoms with Crippen LogP contribution in [0.15, 0.2) is 30.3 Å². The lowest BCUT2D eigenvalue weighted by molar-refractivity contribution is -0.131. The average molecular weight is 342 g/mol. The van der Waals surface area contributed by atoms with Gasteiger partial charge in [0.25, 0.3) is 0 Å². The van der Waals surface area contributed by atoms with E-state index in [-0.39, 0.29) is 11.2 Å². The lowest BCUT2D eigenvalue weighted by Crippen LogP contribution is -2.51. The minimum Gasteiger partial charge on any atom is -0.339 e. The summed E-state index contributed by atoms with van der Waals surface area (Å²) in [6, 6.07) is 10.1. The van der Waals surface area contributed by atoms with Gasteiger partial charge in [0.2, 0.25) is 15.9 Å². The van der Waals surface area contributed by atoms with Gasteiger partial charge in [-0.3, -0.25) is 4.79 Å². The number of nitrogens with zero attached hydrogens (tertiary/aromatic N) is 2. The van der Waals surface area contributed by atoms with Gasteiger partial charge < -0.3 is 4.90 Å². The second kappa shape index (κ2) is 7.48. The summed E-state index contributed by atoms with van der Waals surface area (Å²) in [4.78, 5) is 14.2. The highest BCUT2D eigenvalue weighted by molar-refractivity contribution is 7.99. The first-order valence-electron chi connectivity index (χ1n) is 7.27. The van der Waals surface area contributed by atoms with Crippen LogP contribution in [-0.2, 0) is 20.6 Å². The van der Waals surface area contributed by atoms with E-state index >= 15 is 0 Å². The molecular weight excluding hydrogens is 320 g/mol. The van der Waals surface area contributed by atoms with E-state index < -0.39 is 10.0 Å². The van der Waals surface area contributed by atoms with E-state index in [1.54, 1.807) is 16.7 Å². The highest BCUT2D eigenvalue weighted by Gasteiger charge is 2.28. The predicted octanol–water partition coefficient (Wildman–Crippen LogP) is 1.41. The van der Waals surface area contributed by atoms with Crippen LogP contribution in [0.3, 0.4) is 0 Å². The molecule has 7 heteroatoms. The highest BCUT2D eigenvalue weighted by atomic mass is 32.2. The number of sulfonamides is 1. The summed E-state index contributed by atoms with van der Waals surface area (Å²) in [5.74, 6) is 0.894. The molecule has 0 saturated carbocycles. The fraction of sp³-hybridized carbons (Fsp3) is 0.533. The molecule has 1 saturated heterocycles. The molecule has 0 spiro atoms. The van der Waals surface area contributed by atoms with Crippen LogP contribution in [0, 0.1) is 0 Å². The van der Waals surface area contributed by atoms with Gasteiger partial charge in [-0.1, -0.05) is 30.3 Å². The standard InChI is InChI=1S/C15H22N2O3S2/c1-13(21-12-14-6-4-3-5-7-14)15(18)16-8-10-17(11-9-16)22(2,19)20/h3-7,13H,8-12H2,1-2H3/t13-/m0/s1. The van der Waals surface area contributed by atoms with Gasteiger partial charge in [-0.05, 0) is 12.5 Å². The Kier molecular flexibility index (Phi) is 5.88. The Bertz CT molecular complexity index is 596. The van der Waals surface area contributed by atoms with Gasteiger partial charge in [-0.15, -0.1) is 11.8 Å². The predicted molar refractivity (Wildman–Crippen MR) is 90.2 cm³/mol. The summed E-state index contributed by atoms with van der Waals surface area (Å²) >= 11 is 1.61. The molecule has 1 heterocycles. The van der Waals surface area contributed by atoms with Gasteiger partial charge in [-0.2, -0.15) is 4.31 Å². The molecule has 1 aliphatic heterocycles. The molecule has 0 aliphatic carbocycles. The van der Waals surface area contributed by atoms with Crippen molar-refractivity contribution in [3.05, 3.63) is 35.9 Å². The first-order chi connectivity index (χ1) is 10.4. The number of amides is 1. The molecule has 1 atom stereocenters. The molecule has 22 heavy (non-hydrogen) atoms. The second-order valence-electron chi connectivity index (χ2n) is 5.43. The maximum atomic E-state index is 12.4. The Hall–Kier alpha value is -1.05. The molecule has 1 fully saturated rings. The number of carbonyl (C=O) groups excluding carboxylic acids is 1. The van der Waals surface area contributed by atoms with Gasteiger partial charge in [0.05, 0.1) is 11.5 Å². The van der Waals surface area contributed by atoms with Gasteiger partial charge in [0, 0.05) is 31.9 Å². The fourth-order valence-electron chi connectivity index (χ4n) is 2.36. The number of hydrogen-bond acceptors (Lipinski definition) is 4. The molecule has 1 aromatic rings. The minimum absolute atomic E-state index is 0.0917. The third-order valence-corrected chi connectivity index (χ3v) is 6.21. The molecular formula is C15H22N2O3S2. The van der Waals surface area contributed by atoms with Crippen LogP contribution in [0.1, 0.15) is 12.5 Å². The lowest BCUT2D eigenvalue weighted by Gasteiger charge is -2.34. The first kappa shape index (κ1) is 17.3. The Morgan fingerprint density at radius 3 is 2.32 bits per heavy atom. The van der Waals surface area contributed by atoms with E-state index in [1.807, 2.05) is 25.1 Å². The summed E-state index contributed by atoms with van der Waals surface area (Å²) in [6.07, 6.45) is 1.21. The van der Waals surface area contributed by atoms with Crippen LogP contribution >= 0.6 is 11.8 Å². The maximum Gasteiger partial charge on any atom is 0.235 e. The number of hydrogen-bond donors (Lipinski definition) is 0. The SMILES string of the molecule is C[C@H](SCc1ccccc1)C(=O)N1CCN(S(C)(=O)=O)CC1. The van der Waals surface area contributed by atoms with E-state index in [9.17, 15) is 13.2 Å². The van der Waals surface area contributed by atoms with Gasteiger partial charge in [0.1, 0.15) is 0 Å². The molecule has 2 rings (SSSR count). The first-order valence-corrected chi connectivity index (χ1v) is 10.2. The number of benzene rings is 1. The van der Waals surface area contributed by atoms with Gasteiger partial charge in [-0.25, -0.2) is 8.42 Å². The van der Waals surface area contributed by atoms with Crippen molar-refractivity contribution >= 4 is 27.7 Å². The Balaban J connectivity index is 1.82. The van der Waals surface area contributed by atoms with Crippen LogP contribution in [0.2, 0.25) is 0 Å². The molecule has 1 aliphatic rings. The number of carbonyl (C=O) groups is 1. The van der Waals surface area contributed by atoms with E-state index in [0.717, 1.165) is 5.75 Å². The van der Waals surface area contributed by atoms with Crippen molar-refractivity contribution in [1.29, 1.82) is 0 Å². The zero-order valence-electron chi connectivity index (χ0n) is 12.9. The van der Waals surface area contributed by atoms with Crippen molar-refractivity contribution in [3.63, 3.8) is 0 Å². The molecule has 0 aromatic heterocycles. The summed E-state index contributed by atoms with van der Waals surface area (Å²) in [7, 11) is -3.15. The zero-order valence-corrected chi connectivity index (χ0v) is 14.6. The molecule has 5 nitrogen and oxygen atoms in total. The Morgan fingerprint density at radius 2 is 1.77 bits per heavy atom. The Morgan fingerprint density at radius 1 is 1.18 bits per heavy atom. The topological polar surface area (TPSA) is 57.7 Å². The van der Waals surface area contributed by atoms with Crippen molar-refractivity contribution < 1.29 is 13.2 Å². The van der Waals surface area contributed by atoms with E-state index in [0.29, 0.717) is 26.2 Å². The molecule has 0 N–H and O–H groups in total. The molecule has 0 unspecified atom stereocenters. The second-order valence-corrected chi connectivity index (χ2v) is 8.74. The van der Waals surface area contributed by atoms with Crippen LogP contribution in [0.25, 0.3) is 0 Å². The van der Waals surface area contributed by atoms with Crippen LogP contribution in [0.5, 0.6) is 0 Å². The van der Waals surface area contributed by atoms with Crippen molar-refractivity contribution in [2.75, 3.05) is 32.4 Å². The van der Waals surface area contributed by atoms with E-state index in [1.165, 1.54) is 16.1 Å². The molecule has 0 bridgehead atoms. The monoisotopic (exact) mass is 342 g/mol. The van der Waals surface area contributed by atoms with Crippen molar-refractivity contribution in [3.8, 4) is 0 Å². The number of rotatable bonds is 5. The summed E-state index contributed by atoms with van der Waals surface area (Å²) < 4.78 is 24.4. The normalized spacial score (nSPS) is 18.2. The van der Waals surface area contributed by atoms with E-state index in [4.69, 9.17) is 0 Å². The van der Waals surface area contributed by atoms with Crippen molar-refractivity contribution in [1.82, 2.24) is 9.21 Å². The molecule has 1 aromatic carbocycles. The zero-order chi connectivity index (χ0) is 16.2. The van der Waals surface area contributed by atoms with Gasteiger partial charge in [0.15, 0.2) is 0 Å². The Labute approximate surface area is 136 Å². The van der Waals surface area contributed by atoms with Crippen LogP contribution < -0.4 is 0 Å². The van der Waals surface area contributed by atoms with Crippen LogP contribution in [-0.4, -0.2) is 61.2 Å². The van der Waals surface area contributed by atoms with Gasteiger partial charge >= 0.3 is 0 Å². The van der Waals surface area contributed by atoms with E-state index in [2.05, 4.69) is 12.1 Å². The third kappa shape index (κ3) is 4.72. The summed E-state index contributed by atoms with van der Waals surface area (Å²) in [5, 5.41) is -0.120.